The number of halogens is 2. The first kappa shape index (κ1) is 21.5. The number of hydrogen-bond donors (Lipinski definition) is 1. The van der Waals surface area contributed by atoms with E-state index < -0.39 is 11.6 Å². The minimum absolute atomic E-state index is 0.112. The zero-order chi connectivity index (χ0) is 22.9. The van der Waals surface area contributed by atoms with E-state index >= 15 is 0 Å². The van der Waals surface area contributed by atoms with E-state index in [1.807, 2.05) is 11.0 Å². The number of aromatic nitrogens is 3. The van der Waals surface area contributed by atoms with Gasteiger partial charge in [-0.25, -0.2) is 18.3 Å². The van der Waals surface area contributed by atoms with Gasteiger partial charge in [-0.3, -0.25) is 4.79 Å². The highest BCUT2D eigenvalue weighted by molar-refractivity contribution is 5.92. The van der Waals surface area contributed by atoms with E-state index in [2.05, 4.69) is 5.10 Å². The number of nitrogens with zero attached hydrogens (tertiary/aromatic N) is 5. The summed E-state index contributed by atoms with van der Waals surface area (Å²) in [5.41, 5.74) is 1.60. The number of aliphatic hydroxyl groups excluding tert-OH is 1. The molecule has 1 atom stereocenters. The predicted molar refractivity (Wildman–Crippen MR) is 120 cm³/mol. The van der Waals surface area contributed by atoms with Crippen LogP contribution >= 0.6 is 0 Å². The fourth-order valence-corrected chi connectivity index (χ4v) is 4.64. The molecule has 9 heteroatoms. The van der Waals surface area contributed by atoms with Crippen molar-refractivity contribution in [2.24, 2.45) is 0 Å². The number of carbonyl (C=O) groups is 1. The predicted octanol–water partition coefficient (Wildman–Crippen LogP) is 3.35. The highest BCUT2D eigenvalue weighted by Gasteiger charge is 2.30. The van der Waals surface area contributed by atoms with Crippen molar-refractivity contribution in [3.63, 3.8) is 0 Å². The Hall–Kier alpha value is -3.33. The largest absolute Gasteiger partial charge is 0.393 e. The number of fused-ring (bicyclic) bond motifs is 1. The molecule has 33 heavy (non-hydrogen) atoms. The molecule has 2 aliphatic rings. The van der Waals surface area contributed by atoms with Crippen LogP contribution in [-0.4, -0.2) is 56.2 Å². The van der Waals surface area contributed by atoms with Crippen LogP contribution in [0.3, 0.4) is 0 Å². The van der Waals surface area contributed by atoms with Gasteiger partial charge in [-0.1, -0.05) is 0 Å². The van der Waals surface area contributed by atoms with Gasteiger partial charge in [-0.05, 0) is 56.0 Å². The van der Waals surface area contributed by atoms with Gasteiger partial charge in [-0.2, -0.15) is 5.10 Å². The quantitative estimate of drug-likeness (QED) is 0.614. The first-order valence-corrected chi connectivity index (χ1v) is 11.2. The zero-order valence-electron chi connectivity index (χ0n) is 18.1. The molecular weight excluding hydrogens is 428 g/mol. The number of rotatable bonds is 4. The summed E-state index contributed by atoms with van der Waals surface area (Å²) < 4.78 is 29.9. The van der Waals surface area contributed by atoms with Crippen molar-refractivity contribution in [1.82, 2.24) is 19.5 Å². The van der Waals surface area contributed by atoms with Gasteiger partial charge in [0, 0.05) is 43.0 Å². The summed E-state index contributed by atoms with van der Waals surface area (Å²) in [6, 6.07) is 5.06. The van der Waals surface area contributed by atoms with E-state index in [1.165, 1.54) is 12.1 Å². The summed E-state index contributed by atoms with van der Waals surface area (Å²) in [6.45, 7) is 1.76. The van der Waals surface area contributed by atoms with Crippen LogP contribution in [-0.2, 0) is 4.79 Å². The minimum atomic E-state index is -0.460. The third-order valence-corrected chi connectivity index (χ3v) is 6.43. The molecule has 0 bridgehead atoms. The Morgan fingerprint density at radius 3 is 2.76 bits per heavy atom. The molecule has 4 heterocycles. The number of amides is 1. The fraction of sp³-hybridized carbons (Fsp3) is 0.375. The molecule has 7 nitrogen and oxygen atoms in total. The molecule has 0 aliphatic carbocycles. The maximum Gasteiger partial charge on any atom is 0.246 e. The average molecular weight is 453 g/mol. The Kier molecular flexibility index (Phi) is 5.80. The van der Waals surface area contributed by atoms with Gasteiger partial charge < -0.3 is 14.9 Å². The molecule has 5 rings (SSSR count). The third kappa shape index (κ3) is 4.32. The van der Waals surface area contributed by atoms with E-state index in [0.717, 1.165) is 18.6 Å². The molecule has 0 unspecified atom stereocenters. The molecule has 2 saturated heterocycles. The molecule has 0 radical (unpaired) electrons. The van der Waals surface area contributed by atoms with Crippen molar-refractivity contribution < 1.29 is 18.7 Å². The van der Waals surface area contributed by atoms with E-state index in [0.29, 0.717) is 61.5 Å². The van der Waals surface area contributed by atoms with Gasteiger partial charge in [0.05, 0.1) is 18.3 Å². The molecule has 1 aromatic carbocycles. The lowest BCUT2D eigenvalue weighted by molar-refractivity contribution is -0.127. The summed E-state index contributed by atoms with van der Waals surface area (Å²) in [5, 5.41) is 13.9. The van der Waals surface area contributed by atoms with Crippen molar-refractivity contribution in [3.8, 4) is 0 Å². The Labute approximate surface area is 189 Å². The van der Waals surface area contributed by atoms with Gasteiger partial charge in [-0.15, -0.1) is 0 Å². The maximum atomic E-state index is 14.4. The molecule has 3 aromatic rings. The molecular formula is C24H25F2N5O2. The first-order chi connectivity index (χ1) is 16.0. The number of piperidine rings is 1. The number of likely N-dealkylation sites (tertiary alicyclic amines) is 1. The topological polar surface area (TPSA) is 74.0 Å². The van der Waals surface area contributed by atoms with Crippen molar-refractivity contribution >= 4 is 23.4 Å². The van der Waals surface area contributed by atoms with Crippen LogP contribution in [0.25, 0.3) is 11.7 Å². The van der Waals surface area contributed by atoms with Crippen LogP contribution in [0.5, 0.6) is 0 Å². The number of benzene rings is 1. The SMILES string of the molecule is O=C(/C=C/c1cnn2ccc(N3CCC[C@@H]3c3cc(F)ccc3F)nc12)N1CCC(O)CC1. The highest BCUT2D eigenvalue weighted by atomic mass is 19.1. The molecule has 2 aliphatic heterocycles. The van der Waals surface area contributed by atoms with Crippen LogP contribution in [0.2, 0.25) is 0 Å². The van der Waals surface area contributed by atoms with Crippen molar-refractivity contribution in [1.29, 1.82) is 0 Å². The molecule has 1 amide bonds. The molecule has 172 valence electrons. The summed E-state index contributed by atoms with van der Waals surface area (Å²) in [7, 11) is 0. The molecule has 2 aromatic heterocycles. The van der Waals surface area contributed by atoms with E-state index in [1.54, 1.807) is 27.9 Å². The van der Waals surface area contributed by atoms with Gasteiger partial charge in [0.15, 0.2) is 5.65 Å². The maximum absolute atomic E-state index is 14.4. The van der Waals surface area contributed by atoms with Crippen LogP contribution < -0.4 is 4.90 Å². The average Bonchev–Trinajstić information content (AvgIpc) is 3.46. The zero-order valence-corrected chi connectivity index (χ0v) is 18.1. The van der Waals surface area contributed by atoms with Gasteiger partial charge in [0.1, 0.15) is 17.5 Å². The van der Waals surface area contributed by atoms with E-state index in [4.69, 9.17) is 4.98 Å². The van der Waals surface area contributed by atoms with Crippen LogP contribution in [0.15, 0.2) is 42.7 Å². The summed E-state index contributed by atoms with van der Waals surface area (Å²) >= 11 is 0. The second-order valence-corrected chi connectivity index (χ2v) is 8.56. The Balaban J connectivity index is 1.40. The Bertz CT molecular complexity index is 1200. The smallest absolute Gasteiger partial charge is 0.246 e. The lowest BCUT2D eigenvalue weighted by atomic mass is 10.0. The van der Waals surface area contributed by atoms with Crippen molar-refractivity contribution in [3.05, 3.63) is 65.5 Å². The second kappa shape index (κ2) is 8.90. The number of aliphatic hydroxyl groups is 1. The summed E-state index contributed by atoms with van der Waals surface area (Å²) in [4.78, 5) is 21.0. The number of carbonyl (C=O) groups excluding carboxylic acids is 1. The van der Waals surface area contributed by atoms with E-state index in [-0.39, 0.29) is 18.1 Å². The monoisotopic (exact) mass is 453 g/mol. The molecule has 2 fully saturated rings. The van der Waals surface area contributed by atoms with Crippen molar-refractivity contribution in [2.75, 3.05) is 24.5 Å². The molecule has 1 N–H and O–H groups in total. The second-order valence-electron chi connectivity index (χ2n) is 8.56. The third-order valence-electron chi connectivity index (χ3n) is 6.43. The normalized spacial score (nSPS) is 19.8. The standard InChI is InChI=1S/C24H25F2N5O2/c25-17-4-5-20(26)19(14-17)21-2-1-10-30(21)22-9-13-31-24(28-22)16(15-27-31)3-6-23(33)29-11-7-18(32)8-12-29/h3-6,9,13-15,18,21,32H,1-2,7-8,10-12H2/b6-3+/t21-/m1/s1. The van der Waals surface area contributed by atoms with Crippen LogP contribution in [0, 0.1) is 11.6 Å². The molecule has 0 saturated carbocycles. The van der Waals surface area contributed by atoms with Crippen molar-refractivity contribution in [2.45, 2.75) is 37.8 Å². The lowest BCUT2D eigenvalue weighted by Crippen LogP contribution is -2.39. The lowest BCUT2D eigenvalue weighted by Gasteiger charge is -2.28. The Morgan fingerprint density at radius 2 is 1.94 bits per heavy atom. The summed E-state index contributed by atoms with van der Waals surface area (Å²) in [6.07, 6.45) is 9.01. The van der Waals surface area contributed by atoms with E-state index in [9.17, 15) is 18.7 Å². The summed E-state index contributed by atoms with van der Waals surface area (Å²) in [5.74, 6) is -0.345. The molecule has 0 spiro atoms. The highest BCUT2D eigenvalue weighted by Crippen LogP contribution is 2.36. The fourth-order valence-electron chi connectivity index (χ4n) is 4.64. The first-order valence-electron chi connectivity index (χ1n) is 11.2. The Morgan fingerprint density at radius 1 is 1.12 bits per heavy atom. The van der Waals surface area contributed by atoms with Gasteiger partial charge in [0.2, 0.25) is 5.91 Å². The van der Waals surface area contributed by atoms with Crippen LogP contribution in [0.1, 0.15) is 42.9 Å². The minimum Gasteiger partial charge on any atom is -0.393 e. The van der Waals surface area contributed by atoms with Gasteiger partial charge in [0.25, 0.3) is 0 Å². The number of hydrogen-bond acceptors (Lipinski definition) is 5. The van der Waals surface area contributed by atoms with Crippen LogP contribution in [0.4, 0.5) is 14.6 Å². The number of anilines is 1. The van der Waals surface area contributed by atoms with Gasteiger partial charge >= 0.3 is 0 Å².